The number of methoxy groups -OCH3 is 2. The molecule has 1 aromatic heterocycles. The fourth-order valence-electron chi connectivity index (χ4n) is 3.24. The molecule has 0 atom stereocenters. The average molecular weight is 552 g/mol. The number of rotatable bonds is 9. The highest BCUT2D eigenvalue weighted by Crippen LogP contribution is 2.29. The van der Waals surface area contributed by atoms with E-state index >= 15 is 0 Å². The number of nitrogens with zero attached hydrogens (tertiary/aromatic N) is 4. The van der Waals surface area contributed by atoms with E-state index in [9.17, 15) is 4.79 Å². The van der Waals surface area contributed by atoms with Crippen LogP contribution in [0.5, 0.6) is 11.5 Å². The van der Waals surface area contributed by atoms with Crippen molar-refractivity contribution in [3.05, 3.63) is 82.8 Å². The minimum atomic E-state index is -0.270. The van der Waals surface area contributed by atoms with Crippen molar-refractivity contribution in [2.45, 2.75) is 5.16 Å². The van der Waals surface area contributed by atoms with E-state index in [1.807, 2.05) is 77.4 Å². The summed E-state index contributed by atoms with van der Waals surface area (Å²) in [5.74, 6) is 1.92. The summed E-state index contributed by atoms with van der Waals surface area (Å²) < 4.78 is 13.4. The van der Waals surface area contributed by atoms with Crippen molar-refractivity contribution < 1.29 is 14.3 Å². The van der Waals surface area contributed by atoms with Crippen LogP contribution in [-0.4, -0.2) is 46.9 Å². The Kier molecular flexibility index (Phi) is 8.17. The summed E-state index contributed by atoms with van der Waals surface area (Å²) in [4.78, 5) is 12.5. The van der Waals surface area contributed by atoms with Crippen molar-refractivity contribution in [2.75, 3.05) is 20.0 Å². The molecule has 178 valence electrons. The number of ether oxygens (including phenoxy) is 2. The summed E-state index contributed by atoms with van der Waals surface area (Å²) in [5, 5.41) is 13.4. The number of para-hydroxylation sites is 1. The lowest BCUT2D eigenvalue weighted by Crippen LogP contribution is -2.20. The zero-order valence-corrected chi connectivity index (χ0v) is 21.4. The third-order valence-electron chi connectivity index (χ3n) is 4.91. The highest BCUT2D eigenvalue weighted by atomic mass is 79.9. The van der Waals surface area contributed by atoms with Crippen LogP contribution in [-0.2, 0) is 4.79 Å². The molecule has 1 heterocycles. The summed E-state index contributed by atoms with van der Waals surface area (Å²) in [5.41, 5.74) is 5.06. The van der Waals surface area contributed by atoms with Crippen LogP contribution in [0.1, 0.15) is 5.56 Å². The van der Waals surface area contributed by atoms with Gasteiger partial charge in [-0.15, -0.1) is 10.2 Å². The van der Waals surface area contributed by atoms with Crippen LogP contribution < -0.4 is 14.9 Å². The van der Waals surface area contributed by atoms with E-state index in [2.05, 4.69) is 36.7 Å². The number of hydrogen-bond donors (Lipinski definition) is 1. The maximum atomic E-state index is 12.5. The van der Waals surface area contributed by atoms with Crippen LogP contribution in [0.25, 0.3) is 17.1 Å². The second-order valence-electron chi connectivity index (χ2n) is 7.17. The Morgan fingerprint density at radius 2 is 1.83 bits per heavy atom. The molecule has 1 amide bonds. The Hall–Kier alpha value is -3.63. The maximum Gasteiger partial charge on any atom is 0.250 e. The predicted molar refractivity (Wildman–Crippen MR) is 141 cm³/mol. The summed E-state index contributed by atoms with van der Waals surface area (Å²) in [7, 11) is 3.21. The van der Waals surface area contributed by atoms with E-state index in [1.165, 1.54) is 11.8 Å². The quantitative estimate of drug-likeness (QED) is 0.180. The largest absolute Gasteiger partial charge is 0.497 e. The van der Waals surface area contributed by atoms with Crippen molar-refractivity contribution in [3.8, 4) is 28.6 Å². The molecule has 0 aliphatic heterocycles. The van der Waals surface area contributed by atoms with Gasteiger partial charge in [0.25, 0.3) is 5.91 Å². The molecule has 10 heteroatoms. The minimum absolute atomic E-state index is 0.112. The number of nitrogens with one attached hydrogen (secondary N) is 1. The highest BCUT2D eigenvalue weighted by Gasteiger charge is 2.17. The summed E-state index contributed by atoms with van der Waals surface area (Å²) in [6.45, 7) is 0. The standard InChI is InChI=1S/C25H22BrN5O3S/c1-33-21-11-8-17(9-12-21)24-29-30-25(31(24)20-6-4-3-5-7-20)35-16-23(32)28-27-15-18-14-19(26)10-13-22(18)34-2/h3-15H,16H2,1-2H3,(H,28,32)/b27-15+. The molecule has 35 heavy (non-hydrogen) atoms. The van der Waals surface area contributed by atoms with E-state index < -0.39 is 0 Å². The van der Waals surface area contributed by atoms with Gasteiger partial charge in [-0.2, -0.15) is 5.10 Å². The zero-order chi connectivity index (χ0) is 24.6. The Morgan fingerprint density at radius 1 is 1.06 bits per heavy atom. The van der Waals surface area contributed by atoms with Crippen LogP contribution in [0, 0.1) is 0 Å². The van der Waals surface area contributed by atoms with Gasteiger partial charge in [-0.25, -0.2) is 5.43 Å². The average Bonchev–Trinajstić information content (AvgIpc) is 3.32. The lowest BCUT2D eigenvalue weighted by atomic mass is 10.2. The monoisotopic (exact) mass is 551 g/mol. The summed E-state index contributed by atoms with van der Waals surface area (Å²) in [6, 6.07) is 22.9. The van der Waals surface area contributed by atoms with Gasteiger partial charge < -0.3 is 9.47 Å². The molecule has 0 saturated heterocycles. The first-order valence-corrected chi connectivity index (χ1v) is 12.3. The molecule has 0 bridgehead atoms. The van der Waals surface area contributed by atoms with Gasteiger partial charge in [-0.05, 0) is 54.6 Å². The first-order chi connectivity index (χ1) is 17.1. The van der Waals surface area contributed by atoms with Gasteiger partial charge in [-0.1, -0.05) is 45.9 Å². The molecule has 0 aliphatic carbocycles. The molecular weight excluding hydrogens is 530 g/mol. The van der Waals surface area contributed by atoms with Crippen LogP contribution in [0.15, 0.2) is 87.5 Å². The number of carbonyl (C=O) groups is 1. The summed E-state index contributed by atoms with van der Waals surface area (Å²) in [6.07, 6.45) is 1.54. The molecule has 0 aliphatic rings. The number of benzene rings is 3. The second kappa shape index (κ2) is 11.7. The van der Waals surface area contributed by atoms with Crippen molar-refractivity contribution in [1.82, 2.24) is 20.2 Å². The van der Waals surface area contributed by atoms with Crippen molar-refractivity contribution in [1.29, 1.82) is 0 Å². The third kappa shape index (κ3) is 6.09. The molecule has 0 unspecified atom stereocenters. The van der Waals surface area contributed by atoms with Gasteiger partial charge in [-0.3, -0.25) is 9.36 Å². The van der Waals surface area contributed by atoms with Crippen LogP contribution in [0.2, 0.25) is 0 Å². The van der Waals surface area contributed by atoms with Gasteiger partial charge in [0.05, 0.1) is 26.2 Å². The zero-order valence-electron chi connectivity index (χ0n) is 19.0. The molecule has 1 N–H and O–H groups in total. The smallest absolute Gasteiger partial charge is 0.250 e. The van der Waals surface area contributed by atoms with E-state index in [4.69, 9.17) is 9.47 Å². The second-order valence-corrected chi connectivity index (χ2v) is 9.03. The van der Waals surface area contributed by atoms with Crippen molar-refractivity contribution in [2.24, 2.45) is 5.10 Å². The number of thioether (sulfide) groups is 1. The molecule has 0 spiro atoms. The maximum absolute atomic E-state index is 12.5. The Balaban J connectivity index is 1.49. The Morgan fingerprint density at radius 3 is 2.54 bits per heavy atom. The third-order valence-corrected chi connectivity index (χ3v) is 6.34. The first-order valence-electron chi connectivity index (χ1n) is 10.5. The van der Waals surface area contributed by atoms with E-state index in [0.717, 1.165) is 27.0 Å². The van der Waals surface area contributed by atoms with Crippen LogP contribution in [0.3, 0.4) is 0 Å². The minimum Gasteiger partial charge on any atom is -0.497 e. The number of amides is 1. The molecule has 0 fully saturated rings. The fraction of sp³-hybridized carbons (Fsp3) is 0.120. The van der Waals surface area contributed by atoms with Gasteiger partial charge in [0, 0.05) is 21.3 Å². The van der Waals surface area contributed by atoms with Gasteiger partial charge in [0.1, 0.15) is 11.5 Å². The predicted octanol–water partition coefficient (Wildman–Crippen LogP) is 4.96. The molecule has 0 radical (unpaired) electrons. The highest BCUT2D eigenvalue weighted by molar-refractivity contribution is 9.10. The van der Waals surface area contributed by atoms with Gasteiger partial charge in [0.2, 0.25) is 0 Å². The number of aromatic nitrogens is 3. The fourth-order valence-corrected chi connectivity index (χ4v) is 4.37. The van der Waals surface area contributed by atoms with Crippen LogP contribution in [0.4, 0.5) is 0 Å². The Bertz CT molecular complexity index is 1330. The van der Waals surface area contributed by atoms with Gasteiger partial charge in [0.15, 0.2) is 11.0 Å². The van der Waals surface area contributed by atoms with Crippen molar-refractivity contribution >= 4 is 39.8 Å². The number of carbonyl (C=O) groups excluding carboxylic acids is 1. The molecule has 4 rings (SSSR count). The van der Waals surface area contributed by atoms with E-state index in [-0.39, 0.29) is 11.7 Å². The summed E-state index contributed by atoms with van der Waals surface area (Å²) >= 11 is 4.70. The van der Waals surface area contributed by atoms with Gasteiger partial charge >= 0.3 is 0 Å². The van der Waals surface area contributed by atoms with Crippen LogP contribution >= 0.6 is 27.7 Å². The lowest BCUT2D eigenvalue weighted by molar-refractivity contribution is -0.118. The Labute approximate surface area is 215 Å². The first kappa shape index (κ1) is 24.5. The molecule has 0 saturated carbocycles. The SMILES string of the molecule is COc1ccc(-c2nnc(SCC(=O)N/N=C/c3cc(Br)ccc3OC)n2-c2ccccc2)cc1. The number of hydrogen-bond acceptors (Lipinski definition) is 7. The number of halogens is 1. The lowest BCUT2D eigenvalue weighted by Gasteiger charge is -2.10. The molecule has 4 aromatic rings. The van der Waals surface area contributed by atoms with E-state index in [1.54, 1.807) is 20.4 Å². The molecule has 8 nitrogen and oxygen atoms in total. The van der Waals surface area contributed by atoms with Crippen molar-refractivity contribution in [3.63, 3.8) is 0 Å². The molecular formula is C25H22BrN5O3S. The van der Waals surface area contributed by atoms with E-state index in [0.29, 0.717) is 16.7 Å². The molecule has 3 aromatic carbocycles. The topological polar surface area (TPSA) is 90.6 Å². The normalized spacial score (nSPS) is 10.9. The number of hydrazone groups is 1.